The Morgan fingerprint density at radius 2 is 1.58 bits per heavy atom. The van der Waals surface area contributed by atoms with Gasteiger partial charge in [-0.1, -0.05) is 0 Å². The number of piperidine rings is 3. The van der Waals surface area contributed by atoms with Gasteiger partial charge in [0.2, 0.25) is 5.91 Å². The molecule has 5 rings (SSSR count). The van der Waals surface area contributed by atoms with Crippen LogP contribution in [0.5, 0.6) is 0 Å². The molecule has 0 aromatic heterocycles. The number of nitrogens with zero attached hydrogens (tertiary/aromatic N) is 1. The predicted octanol–water partition coefficient (Wildman–Crippen LogP) is 2.77. The smallest absolute Gasteiger partial charge is 0.326 e. The van der Waals surface area contributed by atoms with Crippen LogP contribution in [0.15, 0.2) is 24.3 Å². The minimum absolute atomic E-state index is 0.0586. The number of benzene rings is 1. The molecule has 4 aliphatic rings. The summed E-state index contributed by atoms with van der Waals surface area (Å²) in [4.78, 5) is 24.9. The predicted molar refractivity (Wildman–Crippen MR) is 101 cm³/mol. The Hall–Kier alpha value is -1.72. The first-order valence-corrected chi connectivity index (χ1v) is 9.66. The monoisotopic (exact) mass is 356 g/mol. The summed E-state index contributed by atoms with van der Waals surface area (Å²) in [6.45, 7) is 9.91. The van der Waals surface area contributed by atoms with Crippen molar-refractivity contribution in [2.75, 3.05) is 18.4 Å². The number of nitrogens with two attached hydrogens (primary N) is 1. The summed E-state index contributed by atoms with van der Waals surface area (Å²) in [5, 5.41) is 2.76. The van der Waals surface area contributed by atoms with Crippen LogP contribution in [0.3, 0.4) is 0 Å². The van der Waals surface area contributed by atoms with E-state index < -0.39 is 0 Å². The molecule has 4 fully saturated rings. The highest BCUT2D eigenvalue weighted by atomic mass is 16.2. The van der Waals surface area contributed by atoms with E-state index in [9.17, 15) is 9.59 Å². The first-order chi connectivity index (χ1) is 12.1. The maximum absolute atomic E-state index is 13.7. The van der Waals surface area contributed by atoms with Crippen molar-refractivity contribution in [3.05, 3.63) is 29.8 Å². The molecule has 1 aliphatic carbocycles. The number of carbonyl (C=O) groups is 2. The Bertz CT molecular complexity index is 748. The average molecular weight is 356 g/mol. The van der Waals surface area contributed by atoms with E-state index in [2.05, 4.69) is 26.1 Å². The van der Waals surface area contributed by atoms with Gasteiger partial charge in [-0.25, -0.2) is 4.79 Å². The second kappa shape index (κ2) is 5.40. The number of amides is 2. The van der Waals surface area contributed by atoms with Gasteiger partial charge in [-0.2, -0.15) is 0 Å². The van der Waals surface area contributed by atoms with E-state index in [1.165, 1.54) is 6.92 Å². The van der Waals surface area contributed by atoms with Crippen LogP contribution in [0.25, 0.3) is 0 Å². The topological polar surface area (TPSA) is 72.2 Å². The van der Waals surface area contributed by atoms with E-state index in [-0.39, 0.29) is 22.9 Å². The summed E-state index contributed by atoms with van der Waals surface area (Å²) in [5.74, 6) is 1.48. The van der Waals surface area contributed by atoms with Crippen molar-refractivity contribution < 1.29 is 14.1 Å². The number of quaternary nitrogens is 1. The van der Waals surface area contributed by atoms with Crippen molar-refractivity contribution in [3.8, 4) is 0 Å². The molecule has 3 saturated heterocycles. The molecule has 5 heteroatoms. The lowest BCUT2D eigenvalue weighted by Gasteiger charge is -2.69. The van der Waals surface area contributed by atoms with Gasteiger partial charge in [-0.05, 0) is 57.9 Å². The van der Waals surface area contributed by atoms with Crippen molar-refractivity contribution >= 4 is 17.5 Å². The van der Waals surface area contributed by atoms with Gasteiger partial charge in [0.15, 0.2) is 0 Å². The van der Waals surface area contributed by atoms with E-state index in [4.69, 9.17) is 5.73 Å². The van der Waals surface area contributed by atoms with Crippen LogP contribution in [-0.4, -0.2) is 40.5 Å². The summed E-state index contributed by atoms with van der Waals surface area (Å²) < 4.78 is 0.527. The van der Waals surface area contributed by atoms with E-state index >= 15 is 0 Å². The molecule has 3 aliphatic heterocycles. The first-order valence-electron chi connectivity index (χ1n) is 9.66. The number of nitrogens with one attached hydrogen (secondary N) is 1. The third-order valence-electron chi connectivity index (χ3n) is 7.90. The zero-order valence-electron chi connectivity index (χ0n) is 16.2. The van der Waals surface area contributed by atoms with E-state index in [0.29, 0.717) is 22.2 Å². The SMILES string of the molecule is CC(=O)Nc1ccc(C(=O)[N+]23CC4CC(CC(C2)C4(C)N)C3(C)C)cc1. The van der Waals surface area contributed by atoms with Crippen LogP contribution in [0.4, 0.5) is 5.69 Å². The molecule has 4 bridgehead atoms. The van der Waals surface area contributed by atoms with Crippen LogP contribution in [0, 0.1) is 17.8 Å². The quantitative estimate of drug-likeness (QED) is 0.801. The Balaban J connectivity index is 1.69. The Kier molecular flexibility index (Phi) is 3.67. The zero-order valence-corrected chi connectivity index (χ0v) is 16.2. The van der Waals surface area contributed by atoms with Crippen molar-refractivity contribution in [2.45, 2.75) is 51.6 Å². The number of rotatable bonds is 2. The van der Waals surface area contributed by atoms with Crippen LogP contribution in [-0.2, 0) is 4.79 Å². The fourth-order valence-corrected chi connectivity index (χ4v) is 5.96. The van der Waals surface area contributed by atoms with Gasteiger partial charge in [-0.15, -0.1) is 0 Å². The molecule has 3 N–H and O–H groups in total. The van der Waals surface area contributed by atoms with Gasteiger partial charge in [0.1, 0.15) is 5.54 Å². The minimum atomic E-state index is -0.149. The van der Waals surface area contributed by atoms with Crippen molar-refractivity contribution in [2.24, 2.45) is 23.5 Å². The molecule has 0 radical (unpaired) electrons. The first kappa shape index (κ1) is 17.7. The van der Waals surface area contributed by atoms with Crippen LogP contribution >= 0.6 is 0 Å². The molecule has 0 spiro atoms. The second-order valence-corrected chi connectivity index (χ2v) is 9.48. The molecule has 5 nitrogen and oxygen atoms in total. The van der Waals surface area contributed by atoms with Crippen LogP contribution in [0.1, 0.15) is 50.9 Å². The summed E-state index contributed by atoms with van der Waals surface area (Å²) in [5.41, 5.74) is 7.95. The highest BCUT2D eigenvalue weighted by molar-refractivity contribution is 5.92. The lowest BCUT2D eigenvalue weighted by atomic mass is 9.52. The van der Waals surface area contributed by atoms with Gasteiger partial charge in [0.05, 0.1) is 18.7 Å². The molecule has 1 aromatic rings. The molecule has 1 aromatic carbocycles. The summed E-state index contributed by atoms with van der Waals surface area (Å²) in [6.07, 6.45) is 2.29. The van der Waals surface area contributed by atoms with Crippen LogP contribution in [0.2, 0.25) is 0 Å². The second-order valence-electron chi connectivity index (χ2n) is 9.48. The van der Waals surface area contributed by atoms with E-state index in [1.54, 1.807) is 0 Å². The molecule has 26 heavy (non-hydrogen) atoms. The van der Waals surface area contributed by atoms with Crippen molar-refractivity contribution in [3.63, 3.8) is 0 Å². The molecule has 3 heterocycles. The molecule has 1 saturated carbocycles. The Labute approximate surface area is 155 Å². The molecular weight excluding hydrogens is 326 g/mol. The molecule has 2 amide bonds. The fourth-order valence-electron chi connectivity index (χ4n) is 5.96. The lowest BCUT2D eigenvalue weighted by Crippen LogP contribution is -2.83. The third kappa shape index (κ3) is 2.23. The number of hydrogen-bond acceptors (Lipinski definition) is 3. The van der Waals surface area contributed by atoms with E-state index in [0.717, 1.165) is 37.2 Å². The molecular formula is C21H30N3O2+. The van der Waals surface area contributed by atoms with Gasteiger partial charge in [-0.3, -0.25) is 9.28 Å². The fraction of sp³-hybridized carbons (Fsp3) is 0.619. The molecule has 2 atom stereocenters. The Morgan fingerprint density at radius 1 is 1.04 bits per heavy atom. The van der Waals surface area contributed by atoms with E-state index in [1.807, 2.05) is 24.3 Å². The number of hydrogen-bond donors (Lipinski definition) is 2. The lowest BCUT2D eigenvalue weighted by molar-refractivity contribution is -0.931. The molecule has 2 unspecified atom stereocenters. The maximum Gasteiger partial charge on any atom is 0.346 e. The van der Waals surface area contributed by atoms with Crippen LogP contribution < -0.4 is 11.1 Å². The van der Waals surface area contributed by atoms with Gasteiger partial charge < -0.3 is 11.1 Å². The zero-order chi connectivity index (χ0) is 18.9. The summed E-state index contributed by atoms with van der Waals surface area (Å²) >= 11 is 0. The van der Waals surface area contributed by atoms with Gasteiger partial charge >= 0.3 is 5.91 Å². The minimum Gasteiger partial charge on any atom is -0.326 e. The normalized spacial score (nSPS) is 39.7. The van der Waals surface area contributed by atoms with Crippen molar-refractivity contribution in [1.29, 1.82) is 0 Å². The number of carbonyl (C=O) groups excluding carboxylic acids is 2. The van der Waals surface area contributed by atoms with Gasteiger partial charge in [0.25, 0.3) is 0 Å². The standard InChI is InChI=1S/C21H29N3O2/c1-13(25)23-18-7-5-14(6-8-18)19(26)24-11-16-9-15(20(24,2)3)10-17(12-24)21(16,4)22/h5-8,15-17H,9-12,22H2,1-4H3/p+1. The van der Waals surface area contributed by atoms with Gasteiger partial charge in [0, 0.05) is 35.9 Å². The highest BCUT2D eigenvalue weighted by Crippen LogP contribution is 2.58. The Morgan fingerprint density at radius 3 is 2.08 bits per heavy atom. The summed E-state index contributed by atoms with van der Waals surface area (Å²) in [6, 6.07) is 7.34. The number of anilines is 1. The molecule has 140 valence electrons. The largest absolute Gasteiger partial charge is 0.346 e. The van der Waals surface area contributed by atoms with Crippen molar-refractivity contribution in [1.82, 2.24) is 0 Å². The highest BCUT2D eigenvalue weighted by Gasteiger charge is 2.70. The maximum atomic E-state index is 13.7. The third-order valence-corrected chi connectivity index (χ3v) is 7.90. The average Bonchev–Trinajstić information content (AvgIpc) is 2.52. The summed E-state index contributed by atoms with van der Waals surface area (Å²) in [7, 11) is 0.